The predicted octanol–water partition coefficient (Wildman–Crippen LogP) is 2.33. The van der Waals surface area contributed by atoms with E-state index in [-0.39, 0.29) is 0 Å². The SMILES string of the molecule is CCc1noc(C)c1C(=O)N[C@](C)(C(N)=O)c1cccc(Cl)c1. The molecule has 0 aliphatic rings. The Balaban J connectivity index is 2.42. The summed E-state index contributed by atoms with van der Waals surface area (Å²) in [6, 6.07) is 6.63. The molecule has 1 atom stereocenters. The van der Waals surface area contributed by atoms with Gasteiger partial charge in [-0.3, -0.25) is 9.59 Å². The highest BCUT2D eigenvalue weighted by Crippen LogP contribution is 2.25. The fourth-order valence-electron chi connectivity index (χ4n) is 2.32. The molecule has 1 aromatic carbocycles. The van der Waals surface area contributed by atoms with Gasteiger partial charge < -0.3 is 15.6 Å². The Labute approximate surface area is 139 Å². The van der Waals surface area contributed by atoms with Crippen molar-refractivity contribution in [2.24, 2.45) is 5.73 Å². The zero-order chi connectivity index (χ0) is 17.2. The summed E-state index contributed by atoms with van der Waals surface area (Å²) >= 11 is 5.97. The van der Waals surface area contributed by atoms with Crippen LogP contribution in [0.5, 0.6) is 0 Å². The number of carbonyl (C=O) groups is 2. The first-order chi connectivity index (χ1) is 10.8. The lowest BCUT2D eigenvalue weighted by atomic mass is 9.90. The summed E-state index contributed by atoms with van der Waals surface area (Å²) < 4.78 is 5.06. The van der Waals surface area contributed by atoms with Gasteiger partial charge in [0.15, 0.2) is 0 Å². The van der Waals surface area contributed by atoms with Gasteiger partial charge in [-0.2, -0.15) is 0 Å². The molecule has 0 saturated heterocycles. The Morgan fingerprint density at radius 2 is 2.13 bits per heavy atom. The molecular formula is C16H18ClN3O3. The van der Waals surface area contributed by atoms with Gasteiger partial charge in [0.1, 0.15) is 16.9 Å². The molecule has 2 aromatic rings. The van der Waals surface area contributed by atoms with Gasteiger partial charge in [0.2, 0.25) is 5.91 Å². The third kappa shape index (κ3) is 3.22. The molecule has 23 heavy (non-hydrogen) atoms. The zero-order valence-electron chi connectivity index (χ0n) is 13.1. The van der Waals surface area contributed by atoms with E-state index in [0.717, 1.165) is 0 Å². The van der Waals surface area contributed by atoms with Crippen LogP contribution in [0.15, 0.2) is 28.8 Å². The second-order valence-corrected chi connectivity index (χ2v) is 5.80. The normalized spacial score (nSPS) is 13.4. The third-order valence-electron chi connectivity index (χ3n) is 3.75. The average molecular weight is 336 g/mol. The number of hydrogen-bond acceptors (Lipinski definition) is 4. The van der Waals surface area contributed by atoms with E-state index in [1.54, 1.807) is 31.2 Å². The Hall–Kier alpha value is -2.34. The Morgan fingerprint density at radius 3 is 2.70 bits per heavy atom. The average Bonchev–Trinajstić information content (AvgIpc) is 2.87. The number of aryl methyl sites for hydroxylation is 2. The maximum absolute atomic E-state index is 12.6. The Kier molecular flexibility index (Phi) is 4.75. The van der Waals surface area contributed by atoms with Crippen molar-refractivity contribution < 1.29 is 14.1 Å². The van der Waals surface area contributed by atoms with Crippen molar-refractivity contribution in [2.45, 2.75) is 32.7 Å². The van der Waals surface area contributed by atoms with E-state index in [9.17, 15) is 9.59 Å². The molecule has 0 saturated carbocycles. The smallest absolute Gasteiger partial charge is 0.257 e. The predicted molar refractivity (Wildman–Crippen MR) is 86.1 cm³/mol. The minimum absolute atomic E-state index is 0.321. The van der Waals surface area contributed by atoms with E-state index in [1.807, 2.05) is 6.92 Å². The number of nitrogens with one attached hydrogen (secondary N) is 1. The molecule has 2 amide bonds. The number of halogens is 1. The topological polar surface area (TPSA) is 98.2 Å². The standard InChI is InChI=1S/C16H18ClN3O3/c1-4-12-13(9(2)23-20-12)14(21)19-16(3,15(18)22)10-6-5-7-11(17)8-10/h5-8H,4H2,1-3H3,(H2,18,22)(H,19,21)/t16-/m0/s1. The molecule has 7 heteroatoms. The van der Waals surface area contributed by atoms with Crippen LogP contribution in [0.3, 0.4) is 0 Å². The second kappa shape index (κ2) is 6.42. The first kappa shape index (κ1) is 17.0. The molecule has 0 fully saturated rings. The summed E-state index contributed by atoms with van der Waals surface area (Å²) in [6.45, 7) is 5.04. The molecule has 0 bridgehead atoms. The highest BCUT2D eigenvalue weighted by Gasteiger charge is 2.36. The molecule has 0 radical (unpaired) electrons. The van der Waals surface area contributed by atoms with Gasteiger partial charge in [0, 0.05) is 5.02 Å². The van der Waals surface area contributed by atoms with Crippen molar-refractivity contribution in [3.63, 3.8) is 0 Å². The first-order valence-corrected chi connectivity index (χ1v) is 7.51. The van der Waals surface area contributed by atoms with Gasteiger partial charge in [-0.15, -0.1) is 0 Å². The molecule has 1 aromatic heterocycles. The molecule has 1 heterocycles. The molecule has 0 aliphatic heterocycles. The quantitative estimate of drug-likeness (QED) is 0.876. The van der Waals surface area contributed by atoms with Crippen LogP contribution in [0, 0.1) is 6.92 Å². The maximum atomic E-state index is 12.6. The molecule has 3 N–H and O–H groups in total. The van der Waals surface area contributed by atoms with E-state index in [1.165, 1.54) is 6.92 Å². The number of hydrogen-bond donors (Lipinski definition) is 2. The number of nitrogens with zero attached hydrogens (tertiary/aromatic N) is 1. The monoisotopic (exact) mass is 335 g/mol. The third-order valence-corrected chi connectivity index (χ3v) is 3.99. The van der Waals surface area contributed by atoms with Crippen molar-refractivity contribution in [3.8, 4) is 0 Å². The van der Waals surface area contributed by atoms with E-state index >= 15 is 0 Å². The van der Waals surface area contributed by atoms with E-state index in [0.29, 0.717) is 34.0 Å². The second-order valence-electron chi connectivity index (χ2n) is 5.37. The number of carbonyl (C=O) groups excluding carboxylic acids is 2. The van der Waals surface area contributed by atoms with Crippen LogP contribution in [-0.4, -0.2) is 17.0 Å². The Bertz CT molecular complexity index is 757. The number of aromatic nitrogens is 1. The fourth-order valence-corrected chi connectivity index (χ4v) is 2.51. The number of amides is 2. The van der Waals surface area contributed by atoms with Gasteiger partial charge in [-0.25, -0.2) is 0 Å². The maximum Gasteiger partial charge on any atom is 0.257 e. The van der Waals surface area contributed by atoms with Crippen LogP contribution in [0.1, 0.15) is 41.2 Å². The van der Waals surface area contributed by atoms with Gasteiger partial charge in [0.05, 0.1) is 5.69 Å². The molecular weight excluding hydrogens is 318 g/mol. The summed E-state index contributed by atoms with van der Waals surface area (Å²) in [5, 5.41) is 6.97. The van der Waals surface area contributed by atoms with Gasteiger partial charge in [-0.05, 0) is 38.0 Å². The highest BCUT2D eigenvalue weighted by atomic mass is 35.5. The van der Waals surface area contributed by atoms with Crippen LogP contribution < -0.4 is 11.1 Å². The fraction of sp³-hybridized carbons (Fsp3) is 0.312. The molecule has 2 rings (SSSR count). The number of rotatable bonds is 5. The van der Waals surface area contributed by atoms with Crippen LogP contribution >= 0.6 is 11.6 Å². The van der Waals surface area contributed by atoms with Crippen LogP contribution in [0.2, 0.25) is 5.02 Å². The van der Waals surface area contributed by atoms with E-state index < -0.39 is 17.4 Å². The number of primary amides is 1. The van der Waals surface area contributed by atoms with Crippen molar-refractivity contribution in [2.75, 3.05) is 0 Å². The highest BCUT2D eigenvalue weighted by molar-refractivity contribution is 6.30. The minimum atomic E-state index is -1.41. The Morgan fingerprint density at radius 1 is 1.43 bits per heavy atom. The molecule has 6 nitrogen and oxygen atoms in total. The van der Waals surface area contributed by atoms with Gasteiger partial charge in [-0.1, -0.05) is 35.8 Å². The van der Waals surface area contributed by atoms with Gasteiger partial charge in [0.25, 0.3) is 5.91 Å². The first-order valence-electron chi connectivity index (χ1n) is 7.13. The minimum Gasteiger partial charge on any atom is -0.367 e. The summed E-state index contributed by atoms with van der Waals surface area (Å²) in [4.78, 5) is 24.6. The summed E-state index contributed by atoms with van der Waals surface area (Å²) in [7, 11) is 0. The largest absolute Gasteiger partial charge is 0.367 e. The summed E-state index contributed by atoms with van der Waals surface area (Å²) in [6.07, 6.45) is 0.532. The van der Waals surface area contributed by atoms with Crippen LogP contribution in [-0.2, 0) is 16.8 Å². The zero-order valence-corrected chi connectivity index (χ0v) is 13.9. The summed E-state index contributed by atoms with van der Waals surface area (Å²) in [5.74, 6) is -0.778. The van der Waals surface area contributed by atoms with Crippen LogP contribution in [0.25, 0.3) is 0 Å². The van der Waals surface area contributed by atoms with E-state index in [4.69, 9.17) is 21.9 Å². The van der Waals surface area contributed by atoms with Crippen molar-refractivity contribution in [3.05, 3.63) is 51.9 Å². The number of nitrogens with two attached hydrogens (primary N) is 1. The lowest BCUT2D eigenvalue weighted by molar-refractivity contribution is -0.123. The summed E-state index contributed by atoms with van der Waals surface area (Å²) in [5.41, 5.74) is 5.47. The lowest BCUT2D eigenvalue weighted by Gasteiger charge is -2.28. The van der Waals surface area contributed by atoms with Gasteiger partial charge >= 0.3 is 0 Å². The molecule has 0 aliphatic carbocycles. The molecule has 0 unspecified atom stereocenters. The van der Waals surface area contributed by atoms with E-state index in [2.05, 4.69) is 10.5 Å². The lowest BCUT2D eigenvalue weighted by Crippen LogP contribution is -2.53. The van der Waals surface area contributed by atoms with Crippen LogP contribution in [0.4, 0.5) is 0 Å². The van der Waals surface area contributed by atoms with Crippen molar-refractivity contribution in [1.82, 2.24) is 10.5 Å². The molecule has 0 spiro atoms. The van der Waals surface area contributed by atoms with Crippen molar-refractivity contribution in [1.29, 1.82) is 0 Å². The van der Waals surface area contributed by atoms with Crippen molar-refractivity contribution >= 4 is 23.4 Å². The molecule has 122 valence electrons. The number of benzene rings is 1.